The molecule has 1 N–H and O–H groups in total. The summed E-state index contributed by atoms with van der Waals surface area (Å²) in [6.45, 7) is 9.67. The fourth-order valence-corrected chi connectivity index (χ4v) is 6.00. The van der Waals surface area contributed by atoms with Crippen molar-refractivity contribution in [1.82, 2.24) is 15.1 Å². The van der Waals surface area contributed by atoms with Crippen LogP contribution in [0.15, 0.2) is 36.4 Å². The van der Waals surface area contributed by atoms with Gasteiger partial charge in [0.15, 0.2) is 0 Å². The van der Waals surface area contributed by atoms with Gasteiger partial charge in [-0.2, -0.15) is 0 Å². The van der Waals surface area contributed by atoms with E-state index < -0.39 is 5.97 Å². The van der Waals surface area contributed by atoms with Crippen molar-refractivity contribution in [2.24, 2.45) is 5.92 Å². The van der Waals surface area contributed by atoms with E-state index in [9.17, 15) is 9.59 Å². The second-order valence-electron chi connectivity index (χ2n) is 10.0. The van der Waals surface area contributed by atoms with Crippen molar-refractivity contribution in [3.8, 4) is 16.3 Å². The summed E-state index contributed by atoms with van der Waals surface area (Å²) in [5.41, 5.74) is 3.38. The molecular formula is C29H35ClN4O4S. The zero-order valence-corrected chi connectivity index (χ0v) is 24.2. The minimum atomic E-state index is -0.729. The summed E-state index contributed by atoms with van der Waals surface area (Å²) < 4.78 is 6.16. The molecule has 0 saturated carbocycles. The number of aliphatic carboxylic acids is 1. The van der Waals surface area contributed by atoms with Crippen LogP contribution < -0.4 is 9.64 Å². The van der Waals surface area contributed by atoms with E-state index in [0.29, 0.717) is 28.9 Å². The molecule has 2 aromatic carbocycles. The summed E-state index contributed by atoms with van der Waals surface area (Å²) in [6, 6.07) is 11.1. The summed E-state index contributed by atoms with van der Waals surface area (Å²) in [4.78, 5) is 28.3. The topological polar surface area (TPSA) is 95.9 Å². The van der Waals surface area contributed by atoms with E-state index in [-0.39, 0.29) is 18.2 Å². The highest BCUT2D eigenvalue weighted by atomic mass is 35.5. The summed E-state index contributed by atoms with van der Waals surface area (Å²) in [7, 11) is 0. The van der Waals surface area contributed by atoms with Crippen LogP contribution in [0.4, 0.5) is 5.13 Å². The van der Waals surface area contributed by atoms with E-state index in [0.717, 1.165) is 66.3 Å². The minimum Gasteiger partial charge on any atom is -0.492 e. The van der Waals surface area contributed by atoms with E-state index >= 15 is 0 Å². The maximum absolute atomic E-state index is 13.4. The van der Waals surface area contributed by atoms with Crippen LogP contribution >= 0.6 is 22.9 Å². The molecule has 4 rings (SSSR count). The zero-order chi connectivity index (χ0) is 27.9. The number of aromatic nitrogens is 2. The number of carboxylic acid groups (broad SMARTS) is 1. The molecular weight excluding hydrogens is 536 g/mol. The van der Waals surface area contributed by atoms with Crippen molar-refractivity contribution < 1.29 is 19.4 Å². The van der Waals surface area contributed by atoms with Crippen molar-refractivity contribution in [1.29, 1.82) is 0 Å². The largest absolute Gasteiger partial charge is 0.492 e. The lowest BCUT2D eigenvalue weighted by Crippen LogP contribution is -2.32. The maximum Gasteiger partial charge on any atom is 0.303 e. The maximum atomic E-state index is 13.4. The van der Waals surface area contributed by atoms with Gasteiger partial charge in [0.2, 0.25) is 5.13 Å². The molecule has 1 aromatic heterocycles. The number of halogens is 1. The summed E-state index contributed by atoms with van der Waals surface area (Å²) in [6.07, 6.45) is 2.93. The molecule has 208 valence electrons. The van der Waals surface area contributed by atoms with Gasteiger partial charge in [0.25, 0.3) is 5.91 Å². The number of carbonyl (C=O) groups excluding carboxylic acids is 1. The van der Waals surface area contributed by atoms with Crippen molar-refractivity contribution in [2.75, 3.05) is 37.7 Å². The van der Waals surface area contributed by atoms with Crippen LogP contribution in [0, 0.1) is 19.8 Å². The Morgan fingerprint density at radius 2 is 1.95 bits per heavy atom. The zero-order valence-electron chi connectivity index (χ0n) is 22.7. The van der Waals surface area contributed by atoms with Crippen LogP contribution in [-0.2, 0) is 4.79 Å². The fourth-order valence-electron chi connectivity index (χ4n) is 4.93. The number of anilines is 1. The smallest absolute Gasteiger partial charge is 0.303 e. The van der Waals surface area contributed by atoms with Gasteiger partial charge in [-0.3, -0.25) is 19.4 Å². The molecule has 1 fully saturated rings. The second-order valence-corrected chi connectivity index (χ2v) is 11.4. The monoisotopic (exact) mass is 570 g/mol. The number of unbranched alkanes of at least 4 members (excludes halogenated alkanes) is 1. The van der Waals surface area contributed by atoms with Gasteiger partial charge in [-0.25, -0.2) is 0 Å². The quantitative estimate of drug-likeness (QED) is 0.281. The van der Waals surface area contributed by atoms with E-state index in [4.69, 9.17) is 21.4 Å². The Bertz CT molecular complexity index is 1290. The highest BCUT2D eigenvalue weighted by Crippen LogP contribution is 2.35. The lowest BCUT2D eigenvalue weighted by atomic mass is 10.1. The van der Waals surface area contributed by atoms with Gasteiger partial charge in [0.1, 0.15) is 17.4 Å². The summed E-state index contributed by atoms with van der Waals surface area (Å²) in [5.74, 6) is 0.163. The molecule has 1 amide bonds. The number of benzene rings is 2. The Hall–Kier alpha value is -3.01. The molecule has 1 atom stereocenters. The average Bonchev–Trinajstić information content (AvgIpc) is 3.56. The number of nitrogens with zero attached hydrogens (tertiary/aromatic N) is 4. The molecule has 10 heteroatoms. The summed E-state index contributed by atoms with van der Waals surface area (Å²) >= 11 is 7.70. The molecule has 0 spiro atoms. The van der Waals surface area contributed by atoms with Crippen molar-refractivity contribution in [2.45, 2.75) is 46.5 Å². The number of ether oxygens (including phenoxy) is 1. The van der Waals surface area contributed by atoms with Gasteiger partial charge in [0.05, 0.1) is 10.6 Å². The lowest BCUT2D eigenvalue weighted by molar-refractivity contribution is -0.138. The Balaban J connectivity index is 1.44. The predicted octanol–water partition coefficient (Wildman–Crippen LogP) is 6.10. The second kappa shape index (κ2) is 13.4. The molecule has 1 unspecified atom stereocenters. The van der Waals surface area contributed by atoms with Crippen molar-refractivity contribution >= 4 is 39.9 Å². The summed E-state index contributed by atoms with van der Waals surface area (Å²) in [5, 5.41) is 19.5. The molecule has 0 aliphatic carbocycles. The number of hydrogen-bond acceptors (Lipinski definition) is 7. The van der Waals surface area contributed by atoms with Crippen LogP contribution in [0.5, 0.6) is 5.75 Å². The Labute approximate surface area is 238 Å². The normalized spacial score (nSPS) is 15.4. The first kappa shape index (κ1) is 29.0. The van der Waals surface area contributed by atoms with Crippen LogP contribution in [-0.4, -0.2) is 64.9 Å². The average molecular weight is 571 g/mol. The number of amides is 1. The molecule has 0 bridgehead atoms. The third-order valence-electron chi connectivity index (χ3n) is 6.92. The number of rotatable bonds is 12. The van der Waals surface area contributed by atoms with Crippen LogP contribution in [0.1, 0.15) is 54.1 Å². The number of hydrogen-bond donors (Lipinski definition) is 1. The SMILES string of the molecule is CCCCN(C(=O)c1ccccc1Cl)c1nnc(-c2cc(C)c(OCCN3CCC(CC(=O)O)C3)c(C)c2)s1. The number of carbonyl (C=O) groups is 2. The minimum absolute atomic E-state index is 0.180. The highest BCUT2D eigenvalue weighted by molar-refractivity contribution is 7.18. The standard InChI is InChI=1S/C29H35ClN4O4S/c1-4-5-11-34(28(37)23-8-6-7-9-24(23)30)29-32-31-27(39-29)22-15-19(2)26(20(3)16-22)38-14-13-33-12-10-21(18-33)17-25(35)36/h6-9,15-16,21H,4-5,10-14,17-18H2,1-3H3,(H,35,36). The molecule has 0 radical (unpaired) electrons. The van der Waals surface area contributed by atoms with Gasteiger partial charge >= 0.3 is 5.97 Å². The molecule has 1 aliphatic heterocycles. The number of aryl methyl sites for hydroxylation is 2. The van der Waals surface area contributed by atoms with E-state index in [1.54, 1.807) is 29.2 Å². The Morgan fingerprint density at radius 3 is 2.64 bits per heavy atom. The van der Waals surface area contributed by atoms with Gasteiger partial charge in [0, 0.05) is 31.6 Å². The molecule has 39 heavy (non-hydrogen) atoms. The number of carboxylic acids is 1. The first-order valence-corrected chi connectivity index (χ1v) is 14.5. The first-order valence-electron chi connectivity index (χ1n) is 13.3. The van der Waals surface area contributed by atoms with Crippen LogP contribution in [0.3, 0.4) is 0 Å². The number of likely N-dealkylation sites (tertiary alicyclic amines) is 1. The highest BCUT2D eigenvalue weighted by Gasteiger charge is 2.25. The third-order valence-corrected chi connectivity index (χ3v) is 8.25. The van der Waals surface area contributed by atoms with Crippen molar-refractivity contribution in [3.63, 3.8) is 0 Å². The van der Waals surface area contributed by atoms with E-state index in [2.05, 4.69) is 22.0 Å². The predicted molar refractivity (Wildman–Crippen MR) is 155 cm³/mol. The fraction of sp³-hybridized carbons (Fsp3) is 0.448. The third kappa shape index (κ3) is 7.35. The first-order chi connectivity index (χ1) is 18.8. The van der Waals surface area contributed by atoms with Crippen LogP contribution in [0.2, 0.25) is 5.02 Å². The van der Waals surface area contributed by atoms with Gasteiger partial charge in [-0.1, -0.05) is 48.4 Å². The molecule has 3 aromatic rings. The molecule has 8 nitrogen and oxygen atoms in total. The van der Waals surface area contributed by atoms with Gasteiger partial charge < -0.3 is 9.84 Å². The van der Waals surface area contributed by atoms with E-state index in [1.807, 2.05) is 26.0 Å². The van der Waals surface area contributed by atoms with Crippen molar-refractivity contribution in [3.05, 3.63) is 58.1 Å². The Kier molecular flexibility index (Phi) is 9.94. The van der Waals surface area contributed by atoms with Gasteiger partial charge in [-0.15, -0.1) is 10.2 Å². The van der Waals surface area contributed by atoms with E-state index in [1.165, 1.54) is 11.3 Å². The lowest BCUT2D eigenvalue weighted by Gasteiger charge is -2.19. The van der Waals surface area contributed by atoms with Crippen LogP contribution in [0.25, 0.3) is 10.6 Å². The van der Waals surface area contributed by atoms with Gasteiger partial charge in [-0.05, 0) is 74.5 Å². The molecule has 1 aliphatic rings. The Morgan fingerprint density at radius 1 is 1.21 bits per heavy atom. The molecule has 1 saturated heterocycles. The molecule has 2 heterocycles.